The molecule has 1 aliphatic heterocycles. The van der Waals surface area contributed by atoms with Gasteiger partial charge in [-0.05, 0) is 23.9 Å². The standard InChI is InChI=1S/C10H15NOS/c1-9-2-7-13-10(9)8-11-3-5-12-6-4-11/h2,7H,3-6,8H2,1H3/p+1. The Balaban J connectivity index is 1.93. The smallest absolute Gasteiger partial charge is 0.113 e. The summed E-state index contributed by atoms with van der Waals surface area (Å²) in [5, 5.41) is 2.19. The molecule has 0 radical (unpaired) electrons. The van der Waals surface area contributed by atoms with Crippen molar-refractivity contribution in [2.75, 3.05) is 26.3 Å². The minimum absolute atomic E-state index is 0.930. The Morgan fingerprint density at radius 3 is 2.85 bits per heavy atom. The lowest BCUT2D eigenvalue weighted by Crippen LogP contribution is -3.12. The van der Waals surface area contributed by atoms with Crippen LogP contribution in [0, 0.1) is 6.92 Å². The van der Waals surface area contributed by atoms with Crippen molar-refractivity contribution in [3.8, 4) is 0 Å². The molecule has 0 atom stereocenters. The SMILES string of the molecule is Cc1ccsc1C[NH+]1CCOCC1. The topological polar surface area (TPSA) is 13.7 Å². The average Bonchev–Trinajstić information content (AvgIpc) is 2.54. The van der Waals surface area contributed by atoms with Crippen LogP contribution in [-0.2, 0) is 11.3 Å². The van der Waals surface area contributed by atoms with Crippen LogP contribution < -0.4 is 4.90 Å². The van der Waals surface area contributed by atoms with Crippen molar-refractivity contribution in [3.63, 3.8) is 0 Å². The lowest BCUT2D eigenvalue weighted by molar-refractivity contribution is -0.921. The van der Waals surface area contributed by atoms with E-state index in [4.69, 9.17) is 4.74 Å². The van der Waals surface area contributed by atoms with Gasteiger partial charge in [0.15, 0.2) is 0 Å². The first-order valence-corrected chi connectivity index (χ1v) is 5.68. The fraction of sp³-hybridized carbons (Fsp3) is 0.600. The third kappa shape index (κ3) is 2.30. The van der Waals surface area contributed by atoms with Gasteiger partial charge in [-0.3, -0.25) is 0 Å². The molecule has 0 aliphatic carbocycles. The molecule has 1 saturated heterocycles. The van der Waals surface area contributed by atoms with Gasteiger partial charge in [0.1, 0.15) is 19.6 Å². The first kappa shape index (κ1) is 9.19. The Bertz CT molecular complexity index is 266. The molecular formula is C10H16NOS+. The second-order valence-corrected chi connectivity index (χ2v) is 4.57. The van der Waals surface area contributed by atoms with Crippen LogP contribution in [0.1, 0.15) is 10.4 Å². The van der Waals surface area contributed by atoms with Crippen LogP contribution in [0.2, 0.25) is 0 Å². The van der Waals surface area contributed by atoms with Crippen molar-refractivity contribution in [1.29, 1.82) is 0 Å². The molecule has 1 fully saturated rings. The van der Waals surface area contributed by atoms with E-state index in [2.05, 4.69) is 18.4 Å². The molecule has 72 valence electrons. The van der Waals surface area contributed by atoms with E-state index < -0.39 is 0 Å². The fourth-order valence-corrected chi connectivity index (χ4v) is 2.63. The lowest BCUT2D eigenvalue weighted by Gasteiger charge is -2.23. The van der Waals surface area contributed by atoms with Crippen LogP contribution in [-0.4, -0.2) is 26.3 Å². The number of quaternary nitrogens is 1. The number of ether oxygens (including phenoxy) is 1. The maximum atomic E-state index is 5.33. The second kappa shape index (κ2) is 4.22. The van der Waals surface area contributed by atoms with Gasteiger partial charge in [-0.25, -0.2) is 0 Å². The molecule has 0 saturated carbocycles. The van der Waals surface area contributed by atoms with E-state index >= 15 is 0 Å². The van der Waals surface area contributed by atoms with E-state index in [1.807, 2.05) is 11.3 Å². The molecule has 1 aromatic rings. The van der Waals surface area contributed by atoms with E-state index in [0.29, 0.717) is 0 Å². The Kier molecular flexibility index (Phi) is 2.98. The van der Waals surface area contributed by atoms with Crippen molar-refractivity contribution in [3.05, 3.63) is 21.9 Å². The molecule has 1 aliphatic rings. The maximum absolute atomic E-state index is 5.33. The summed E-state index contributed by atoms with van der Waals surface area (Å²) in [7, 11) is 0. The zero-order valence-corrected chi connectivity index (χ0v) is 8.82. The second-order valence-electron chi connectivity index (χ2n) is 3.57. The number of thiophene rings is 1. The van der Waals surface area contributed by atoms with Gasteiger partial charge in [0.25, 0.3) is 0 Å². The lowest BCUT2D eigenvalue weighted by atomic mass is 10.2. The molecule has 0 bridgehead atoms. The van der Waals surface area contributed by atoms with Gasteiger partial charge >= 0.3 is 0 Å². The molecule has 0 aromatic carbocycles. The molecule has 1 N–H and O–H groups in total. The van der Waals surface area contributed by atoms with Crippen LogP contribution in [0.5, 0.6) is 0 Å². The molecule has 13 heavy (non-hydrogen) atoms. The molecule has 2 nitrogen and oxygen atoms in total. The van der Waals surface area contributed by atoms with Crippen molar-refractivity contribution in [2.45, 2.75) is 13.5 Å². The molecule has 0 unspecified atom stereocenters. The summed E-state index contributed by atoms with van der Waals surface area (Å²) in [5.74, 6) is 0. The number of hydrogen-bond donors (Lipinski definition) is 1. The highest BCUT2D eigenvalue weighted by atomic mass is 32.1. The summed E-state index contributed by atoms with van der Waals surface area (Å²) in [6.45, 7) is 7.58. The van der Waals surface area contributed by atoms with Crippen molar-refractivity contribution in [2.24, 2.45) is 0 Å². The van der Waals surface area contributed by atoms with E-state index in [1.54, 1.807) is 4.90 Å². The average molecular weight is 198 g/mol. The van der Waals surface area contributed by atoms with Crippen molar-refractivity contribution >= 4 is 11.3 Å². The number of nitrogens with one attached hydrogen (secondary N) is 1. The minimum Gasteiger partial charge on any atom is -0.370 e. The Morgan fingerprint density at radius 2 is 2.23 bits per heavy atom. The summed E-state index contributed by atoms with van der Waals surface area (Å²) in [5.41, 5.74) is 1.45. The fourth-order valence-electron chi connectivity index (χ4n) is 1.65. The summed E-state index contributed by atoms with van der Waals surface area (Å²) in [6.07, 6.45) is 0. The first-order chi connectivity index (χ1) is 6.36. The molecule has 1 aromatic heterocycles. The Morgan fingerprint density at radius 1 is 1.46 bits per heavy atom. The number of aryl methyl sites for hydroxylation is 1. The summed E-state index contributed by atoms with van der Waals surface area (Å²) >= 11 is 1.88. The molecule has 0 amide bonds. The van der Waals surface area contributed by atoms with Gasteiger partial charge in [-0.15, -0.1) is 11.3 Å². The third-order valence-corrected chi connectivity index (χ3v) is 3.60. The highest BCUT2D eigenvalue weighted by Crippen LogP contribution is 2.13. The zero-order chi connectivity index (χ0) is 9.10. The van der Waals surface area contributed by atoms with Crippen molar-refractivity contribution < 1.29 is 9.64 Å². The van der Waals surface area contributed by atoms with Crippen LogP contribution in [0.25, 0.3) is 0 Å². The van der Waals surface area contributed by atoms with Gasteiger partial charge in [0.05, 0.1) is 18.1 Å². The van der Waals surface area contributed by atoms with Gasteiger partial charge in [-0.1, -0.05) is 0 Å². The first-order valence-electron chi connectivity index (χ1n) is 4.80. The van der Waals surface area contributed by atoms with Crippen LogP contribution in [0.15, 0.2) is 11.4 Å². The summed E-state index contributed by atoms with van der Waals surface area (Å²) < 4.78 is 5.33. The number of rotatable bonds is 2. The molecule has 2 heterocycles. The Labute approximate surface area is 83.1 Å². The molecular weight excluding hydrogens is 182 g/mol. The van der Waals surface area contributed by atoms with Gasteiger partial charge in [0.2, 0.25) is 0 Å². The highest BCUT2D eigenvalue weighted by Gasteiger charge is 2.15. The quantitative estimate of drug-likeness (QED) is 0.729. The van der Waals surface area contributed by atoms with Gasteiger partial charge < -0.3 is 9.64 Å². The normalized spacial score (nSPS) is 19.2. The molecule has 0 spiro atoms. The van der Waals surface area contributed by atoms with E-state index in [-0.39, 0.29) is 0 Å². The van der Waals surface area contributed by atoms with Crippen molar-refractivity contribution in [1.82, 2.24) is 0 Å². The summed E-state index contributed by atoms with van der Waals surface area (Å²) in [6, 6.07) is 2.21. The van der Waals surface area contributed by atoms with E-state index in [1.165, 1.54) is 17.0 Å². The maximum Gasteiger partial charge on any atom is 0.113 e. The van der Waals surface area contributed by atoms with Crippen LogP contribution in [0.4, 0.5) is 0 Å². The molecule has 2 rings (SSSR count). The third-order valence-electron chi connectivity index (χ3n) is 2.58. The number of morpholine rings is 1. The predicted octanol–water partition coefficient (Wildman–Crippen LogP) is 0.472. The largest absolute Gasteiger partial charge is 0.370 e. The van der Waals surface area contributed by atoms with E-state index in [9.17, 15) is 0 Å². The Hall–Kier alpha value is -0.380. The highest BCUT2D eigenvalue weighted by molar-refractivity contribution is 7.10. The predicted molar refractivity (Wildman–Crippen MR) is 54.3 cm³/mol. The van der Waals surface area contributed by atoms with Crippen LogP contribution >= 0.6 is 11.3 Å². The van der Waals surface area contributed by atoms with Crippen LogP contribution in [0.3, 0.4) is 0 Å². The zero-order valence-electron chi connectivity index (χ0n) is 8.01. The van der Waals surface area contributed by atoms with Gasteiger partial charge in [0, 0.05) is 0 Å². The monoisotopic (exact) mass is 198 g/mol. The van der Waals surface area contributed by atoms with Gasteiger partial charge in [-0.2, -0.15) is 0 Å². The van der Waals surface area contributed by atoms with E-state index in [0.717, 1.165) is 26.3 Å². The minimum atomic E-state index is 0.930. The summed E-state index contributed by atoms with van der Waals surface area (Å²) in [4.78, 5) is 3.20. The molecule has 3 heteroatoms. The number of hydrogen-bond acceptors (Lipinski definition) is 2.